The molecule has 0 aromatic rings. The average molecular weight is 1200 g/mol. The molecule has 12 nitrogen and oxygen atoms in total. The third kappa shape index (κ3) is 50.0. The van der Waals surface area contributed by atoms with E-state index in [-0.39, 0.29) is 25.9 Å². The molecular weight excluding hydrogens is 1070 g/mol. The lowest BCUT2D eigenvalue weighted by molar-refractivity contribution is -0.301. The molecule has 1 rings (SSSR count). The van der Waals surface area contributed by atoms with Gasteiger partial charge in [-0.1, -0.05) is 261 Å². The SMILES string of the molecule is CCCCC/C=C\C/C=C\C/C=C\CCCCCCCCC(=O)OC1C(OCC(COC(=O)CCCCCCCCCCC/C=C\CCCCCCCC)OC(=O)CCCCCCCCC/C=C\CCCCCCCC)OC(C(=O)O)C(O)C1O. The summed E-state index contributed by atoms with van der Waals surface area (Å²) < 4.78 is 28.6. The molecule has 1 fully saturated rings. The minimum atomic E-state index is -1.91. The number of ether oxygens (including phenoxy) is 5. The number of hydrogen-bond acceptors (Lipinski definition) is 11. The molecule has 3 N–H and O–H groups in total. The molecule has 1 heterocycles. The zero-order valence-electron chi connectivity index (χ0n) is 54.6. The number of allylic oxidation sites excluding steroid dienone is 10. The Morgan fingerprint density at radius 2 is 0.706 bits per heavy atom. The van der Waals surface area contributed by atoms with E-state index in [4.69, 9.17) is 23.7 Å². The van der Waals surface area contributed by atoms with Crippen LogP contribution in [0.15, 0.2) is 60.8 Å². The van der Waals surface area contributed by atoms with Crippen molar-refractivity contribution in [1.82, 2.24) is 0 Å². The molecule has 0 aromatic carbocycles. The molecular formula is C73H128O12. The number of unbranched alkanes of at least 4 members (excludes halogenated alkanes) is 37. The monoisotopic (exact) mass is 1200 g/mol. The maximum atomic E-state index is 13.2. The molecule has 0 aliphatic carbocycles. The van der Waals surface area contributed by atoms with Crippen LogP contribution in [0.25, 0.3) is 0 Å². The van der Waals surface area contributed by atoms with Crippen molar-refractivity contribution >= 4 is 23.9 Å². The normalized spacial score (nSPS) is 17.8. The van der Waals surface area contributed by atoms with Crippen molar-refractivity contribution in [1.29, 1.82) is 0 Å². The van der Waals surface area contributed by atoms with Gasteiger partial charge in [0.05, 0.1) is 6.61 Å². The summed E-state index contributed by atoms with van der Waals surface area (Å²) in [5.41, 5.74) is 0. The highest BCUT2D eigenvalue weighted by Crippen LogP contribution is 2.27. The fraction of sp³-hybridized carbons (Fsp3) is 0.808. The number of carbonyl (C=O) groups is 4. The molecule has 12 heteroatoms. The first-order valence-corrected chi connectivity index (χ1v) is 35.3. The van der Waals surface area contributed by atoms with Crippen molar-refractivity contribution in [3.8, 4) is 0 Å². The van der Waals surface area contributed by atoms with Crippen LogP contribution in [0.2, 0.25) is 0 Å². The van der Waals surface area contributed by atoms with Crippen LogP contribution in [-0.4, -0.2) is 89.2 Å². The number of carbonyl (C=O) groups excluding carboxylic acids is 3. The van der Waals surface area contributed by atoms with Crippen molar-refractivity contribution in [3.05, 3.63) is 60.8 Å². The van der Waals surface area contributed by atoms with Crippen molar-refractivity contribution in [2.45, 2.75) is 366 Å². The van der Waals surface area contributed by atoms with Gasteiger partial charge < -0.3 is 39.0 Å². The predicted octanol–water partition coefficient (Wildman–Crippen LogP) is 19.5. The molecule has 1 aliphatic heterocycles. The van der Waals surface area contributed by atoms with E-state index in [1.807, 2.05) is 0 Å². The Balaban J connectivity index is 2.64. The molecule has 0 radical (unpaired) electrons. The van der Waals surface area contributed by atoms with E-state index >= 15 is 0 Å². The molecule has 85 heavy (non-hydrogen) atoms. The minimum Gasteiger partial charge on any atom is -0.479 e. The van der Waals surface area contributed by atoms with E-state index in [0.29, 0.717) is 19.3 Å². The fourth-order valence-electron chi connectivity index (χ4n) is 10.6. The molecule has 0 bridgehead atoms. The highest BCUT2D eigenvalue weighted by atomic mass is 16.7. The van der Waals surface area contributed by atoms with E-state index in [2.05, 4.69) is 81.5 Å². The number of hydrogen-bond donors (Lipinski definition) is 3. The third-order valence-corrected chi connectivity index (χ3v) is 16.0. The number of rotatable bonds is 61. The van der Waals surface area contributed by atoms with E-state index in [1.165, 1.54) is 167 Å². The van der Waals surface area contributed by atoms with Crippen LogP contribution in [0.3, 0.4) is 0 Å². The molecule has 0 amide bonds. The lowest BCUT2D eigenvalue weighted by Crippen LogP contribution is -2.61. The maximum absolute atomic E-state index is 13.2. The third-order valence-electron chi connectivity index (χ3n) is 16.0. The van der Waals surface area contributed by atoms with Crippen LogP contribution in [-0.2, 0) is 42.9 Å². The fourth-order valence-corrected chi connectivity index (χ4v) is 10.6. The van der Waals surface area contributed by atoms with Crippen LogP contribution in [0, 0.1) is 0 Å². The first-order valence-electron chi connectivity index (χ1n) is 35.3. The topological polar surface area (TPSA) is 175 Å². The average Bonchev–Trinajstić information content (AvgIpc) is 2.79. The first kappa shape index (κ1) is 79.4. The Morgan fingerprint density at radius 3 is 1.11 bits per heavy atom. The summed E-state index contributed by atoms with van der Waals surface area (Å²) >= 11 is 0. The lowest BCUT2D eigenvalue weighted by Gasteiger charge is -2.40. The molecule has 1 aliphatic rings. The maximum Gasteiger partial charge on any atom is 0.335 e. The Bertz CT molecular complexity index is 1710. The van der Waals surface area contributed by atoms with Gasteiger partial charge in [-0.05, 0) is 109 Å². The quantitative estimate of drug-likeness (QED) is 0.0228. The standard InChI is InChI=1S/C73H128O12/c1-4-7-10-13-16-19-22-25-28-31-33-36-38-41-44-47-50-53-56-59-65(74)81-62-64(83-66(75)60-57-54-51-48-45-42-39-35-30-27-24-21-18-15-12-9-6-3)63-82-73-71(69(78)68(77)70(85-73)72(79)80)84-67(76)61-58-55-52-49-46-43-40-37-34-32-29-26-23-20-17-14-11-8-5-2/h17,20,25-30,34,37,64,68-71,73,77-78H,4-16,18-19,21-24,31-33,35-36,38-63H2,1-3H3,(H,79,80)/b20-17-,28-25-,29-26-,30-27-,37-34-. The van der Waals surface area contributed by atoms with E-state index in [1.54, 1.807) is 0 Å². The minimum absolute atomic E-state index is 0.0458. The molecule has 1 saturated heterocycles. The summed E-state index contributed by atoms with van der Waals surface area (Å²) in [6.45, 7) is 6.00. The van der Waals surface area contributed by atoms with Crippen LogP contribution in [0.5, 0.6) is 0 Å². The second kappa shape index (κ2) is 60.7. The van der Waals surface area contributed by atoms with Gasteiger partial charge in [0.15, 0.2) is 24.6 Å². The van der Waals surface area contributed by atoms with Crippen molar-refractivity contribution in [2.24, 2.45) is 0 Å². The number of aliphatic carboxylic acids is 1. The van der Waals surface area contributed by atoms with Gasteiger partial charge in [-0.2, -0.15) is 0 Å². The summed E-state index contributed by atoms with van der Waals surface area (Å²) in [6, 6.07) is 0. The van der Waals surface area contributed by atoms with Gasteiger partial charge in [0.25, 0.3) is 0 Å². The molecule has 6 atom stereocenters. The van der Waals surface area contributed by atoms with Gasteiger partial charge in [0.2, 0.25) is 0 Å². The zero-order valence-corrected chi connectivity index (χ0v) is 54.6. The summed E-state index contributed by atoms with van der Waals surface area (Å²) in [5.74, 6) is -3.12. The van der Waals surface area contributed by atoms with Gasteiger partial charge in [0.1, 0.15) is 18.8 Å². The van der Waals surface area contributed by atoms with Crippen LogP contribution in [0.1, 0.15) is 329 Å². The number of esters is 3. The largest absolute Gasteiger partial charge is 0.479 e. The molecule has 0 spiro atoms. The highest BCUT2D eigenvalue weighted by Gasteiger charge is 2.50. The second-order valence-corrected chi connectivity index (χ2v) is 24.2. The van der Waals surface area contributed by atoms with Crippen LogP contribution >= 0.6 is 0 Å². The first-order chi connectivity index (χ1) is 41.6. The Morgan fingerprint density at radius 1 is 0.388 bits per heavy atom. The van der Waals surface area contributed by atoms with Gasteiger partial charge in [-0.25, -0.2) is 4.79 Å². The van der Waals surface area contributed by atoms with Crippen molar-refractivity contribution in [3.63, 3.8) is 0 Å². The highest BCUT2D eigenvalue weighted by molar-refractivity contribution is 5.74. The Labute approximate surface area is 519 Å². The zero-order chi connectivity index (χ0) is 61.7. The van der Waals surface area contributed by atoms with Crippen LogP contribution < -0.4 is 0 Å². The number of aliphatic hydroxyl groups is 2. The van der Waals surface area contributed by atoms with Crippen LogP contribution in [0.4, 0.5) is 0 Å². The molecule has 0 saturated carbocycles. The number of carboxylic acids is 1. The Hall–Kier alpha value is -3.58. The smallest absolute Gasteiger partial charge is 0.335 e. The van der Waals surface area contributed by atoms with Gasteiger partial charge in [0, 0.05) is 19.3 Å². The lowest BCUT2D eigenvalue weighted by atomic mass is 9.98. The summed E-state index contributed by atoms with van der Waals surface area (Å²) in [6.07, 6.45) is 64.5. The van der Waals surface area contributed by atoms with Crippen molar-refractivity contribution in [2.75, 3.05) is 13.2 Å². The van der Waals surface area contributed by atoms with E-state index in [9.17, 15) is 34.5 Å². The van der Waals surface area contributed by atoms with Gasteiger partial charge in [-0.3, -0.25) is 14.4 Å². The summed E-state index contributed by atoms with van der Waals surface area (Å²) in [4.78, 5) is 51.5. The van der Waals surface area contributed by atoms with E-state index < -0.39 is 67.3 Å². The number of carboxylic acid groups (broad SMARTS) is 1. The summed E-state index contributed by atoms with van der Waals surface area (Å²) in [5, 5.41) is 31.7. The predicted molar refractivity (Wildman–Crippen MR) is 349 cm³/mol. The van der Waals surface area contributed by atoms with Gasteiger partial charge >= 0.3 is 23.9 Å². The molecule has 6 unspecified atom stereocenters. The van der Waals surface area contributed by atoms with Crippen molar-refractivity contribution < 1.29 is 58.2 Å². The molecule has 492 valence electrons. The van der Waals surface area contributed by atoms with E-state index in [0.717, 1.165) is 103 Å². The Kier molecular flexibility index (Phi) is 56.7. The molecule has 0 aromatic heterocycles. The second-order valence-electron chi connectivity index (χ2n) is 24.2. The number of aliphatic hydroxyl groups excluding tert-OH is 2. The summed E-state index contributed by atoms with van der Waals surface area (Å²) in [7, 11) is 0. The van der Waals surface area contributed by atoms with Gasteiger partial charge in [-0.15, -0.1) is 0 Å².